The minimum atomic E-state index is -5.43. The van der Waals surface area contributed by atoms with Gasteiger partial charge in [-0.25, -0.2) is 9.36 Å². The number of phosphoric acid groups is 1. The summed E-state index contributed by atoms with van der Waals surface area (Å²) < 4.78 is 19.4. The Labute approximate surface area is 170 Å². The standard InChI is InChI=1S/C16H24NO12P/c17-9(6-8-4-2-1-3-5-8)15(23)28-14(16(24)29-30(25,26)27)13(22)12(21)11(20)10(19)7-18/h1-5,9-14,18-22H,6-7,17H2,(H2,25,26,27)/t9-,10?,11?,12?,13?,14?/m0/s1. The van der Waals surface area contributed by atoms with Crippen LogP contribution in [-0.2, 0) is 29.8 Å². The molecular weight excluding hydrogens is 429 g/mol. The molecule has 6 atom stereocenters. The second kappa shape index (κ2) is 11.5. The highest BCUT2D eigenvalue weighted by atomic mass is 31.2. The summed E-state index contributed by atoms with van der Waals surface area (Å²) >= 11 is 0. The zero-order valence-electron chi connectivity index (χ0n) is 15.5. The van der Waals surface area contributed by atoms with E-state index in [-0.39, 0.29) is 6.42 Å². The highest BCUT2D eigenvalue weighted by Crippen LogP contribution is 2.37. The number of phosphoric ester groups is 1. The average Bonchev–Trinajstić information content (AvgIpc) is 2.68. The molecule has 0 aliphatic carbocycles. The van der Waals surface area contributed by atoms with E-state index in [2.05, 4.69) is 4.52 Å². The molecule has 170 valence electrons. The number of esters is 1. The first-order chi connectivity index (χ1) is 13.9. The van der Waals surface area contributed by atoms with Crippen molar-refractivity contribution in [1.82, 2.24) is 0 Å². The number of hydrogen-bond acceptors (Lipinski definition) is 11. The molecular formula is C16H24NO12P. The number of rotatable bonds is 11. The van der Waals surface area contributed by atoms with E-state index >= 15 is 0 Å². The largest absolute Gasteiger partial charge is 0.527 e. The molecule has 0 aromatic heterocycles. The van der Waals surface area contributed by atoms with Crippen molar-refractivity contribution in [3.05, 3.63) is 35.9 Å². The van der Waals surface area contributed by atoms with Crippen LogP contribution >= 0.6 is 7.82 Å². The lowest BCUT2D eigenvalue weighted by molar-refractivity contribution is -0.185. The maximum atomic E-state index is 12.2. The van der Waals surface area contributed by atoms with Crippen LogP contribution < -0.4 is 5.73 Å². The van der Waals surface area contributed by atoms with Gasteiger partial charge in [-0.1, -0.05) is 30.3 Å². The lowest BCUT2D eigenvalue weighted by atomic mass is 9.99. The van der Waals surface area contributed by atoms with Crippen molar-refractivity contribution in [1.29, 1.82) is 0 Å². The van der Waals surface area contributed by atoms with Gasteiger partial charge in [0.25, 0.3) is 0 Å². The summed E-state index contributed by atoms with van der Waals surface area (Å²) in [5.74, 6) is -3.24. The fourth-order valence-corrected chi connectivity index (χ4v) is 2.65. The number of ether oxygens (including phenoxy) is 1. The maximum absolute atomic E-state index is 12.2. The molecule has 0 radical (unpaired) electrons. The van der Waals surface area contributed by atoms with Gasteiger partial charge in [0.15, 0.2) is 0 Å². The van der Waals surface area contributed by atoms with Gasteiger partial charge in [0.05, 0.1) is 6.61 Å². The fourth-order valence-electron chi connectivity index (χ4n) is 2.31. The van der Waals surface area contributed by atoms with Crippen molar-refractivity contribution in [2.75, 3.05) is 6.61 Å². The summed E-state index contributed by atoms with van der Waals surface area (Å²) in [5, 5.41) is 47.8. The van der Waals surface area contributed by atoms with Crippen LogP contribution in [-0.4, -0.2) is 90.4 Å². The van der Waals surface area contributed by atoms with Crippen molar-refractivity contribution < 1.29 is 58.7 Å². The molecule has 0 amide bonds. The van der Waals surface area contributed by atoms with Crippen LogP contribution in [0.5, 0.6) is 0 Å². The second-order valence-electron chi connectivity index (χ2n) is 6.28. The number of nitrogens with two attached hydrogens (primary N) is 1. The number of carbonyl (C=O) groups excluding carboxylic acids is 2. The summed E-state index contributed by atoms with van der Waals surface area (Å²) in [6.45, 7) is -1.04. The molecule has 1 aromatic carbocycles. The van der Waals surface area contributed by atoms with Crippen molar-refractivity contribution in [2.45, 2.75) is 43.0 Å². The molecule has 0 aliphatic heterocycles. The summed E-state index contributed by atoms with van der Waals surface area (Å²) in [7, 11) is -5.43. The zero-order valence-corrected chi connectivity index (χ0v) is 16.4. The molecule has 1 rings (SSSR count). The Morgan fingerprint density at radius 2 is 1.53 bits per heavy atom. The van der Waals surface area contributed by atoms with E-state index in [9.17, 15) is 34.6 Å². The van der Waals surface area contributed by atoms with Gasteiger partial charge in [-0.3, -0.25) is 14.6 Å². The zero-order chi connectivity index (χ0) is 23.1. The lowest BCUT2D eigenvalue weighted by Gasteiger charge is -2.30. The monoisotopic (exact) mass is 453 g/mol. The molecule has 5 unspecified atom stereocenters. The third-order valence-electron chi connectivity index (χ3n) is 3.88. The van der Waals surface area contributed by atoms with Gasteiger partial charge in [0.1, 0.15) is 30.5 Å². The number of aliphatic hydroxyl groups excluding tert-OH is 5. The molecule has 14 heteroatoms. The summed E-state index contributed by atoms with van der Waals surface area (Å²) in [5.41, 5.74) is 6.29. The third kappa shape index (κ3) is 8.07. The SMILES string of the molecule is N[C@@H](Cc1ccccc1)C(=O)OC(C(=O)OP(=O)(O)O)C(O)C(O)C(O)C(O)CO. The van der Waals surface area contributed by atoms with E-state index in [1.807, 2.05) is 0 Å². The minimum Gasteiger partial charge on any atom is -0.446 e. The molecule has 0 bridgehead atoms. The molecule has 0 saturated heterocycles. The van der Waals surface area contributed by atoms with Gasteiger partial charge in [0, 0.05) is 0 Å². The molecule has 0 heterocycles. The predicted octanol–water partition coefficient (Wildman–Crippen LogP) is -3.46. The Bertz CT molecular complexity index is 741. The van der Waals surface area contributed by atoms with Crippen LogP contribution in [0.25, 0.3) is 0 Å². The Balaban J connectivity index is 3.00. The smallest absolute Gasteiger partial charge is 0.446 e. The van der Waals surface area contributed by atoms with Crippen LogP contribution in [0.3, 0.4) is 0 Å². The molecule has 13 nitrogen and oxygen atoms in total. The Kier molecular flexibility index (Phi) is 9.97. The Morgan fingerprint density at radius 3 is 2.03 bits per heavy atom. The van der Waals surface area contributed by atoms with Crippen LogP contribution in [0.15, 0.2) is 30.3 Å². The molecule has 0 fully saturated rings. The Morgan fingerprint density at radius 1 is 0.967 bits per heavy atom. The third-order valence-corrected chi connectivity index (χ3v) is 4.29. The molecule has 0 spiro atoms. The normalized spacial score (nSPS) is 17.9. The van der Waals surface area contributed by atoms with Crippen LogP contribution in [0.4, 0.5) is 0 Å². The van der Waals surface area contributed by atoms with Gasteiger partial charge in [-0.15, -0.1) is 0 Å². The molecule has 1 aromatic rings. The van der Waals surface area contributed by atoms with Crippen molar-refractivity contribution >= 4 is 19.8 Å². The fraction of sp³-hybridized carbons (Fsp3) is 0.500. The summed E-state index contributed by atoms with van der Waals surface area (Å²) in [6, 6.07) is 6.94. The van der Waals surface area contributed by atoms with E-state index in [0.29, 0.717) is 5.56 Å². The van der Waals surface area contributed by atoms with E-state index < -0.39 is 62.9 Å². The Hall–Kier alpha value is -1.93. The second-order valence-corrected chi connectivity index (χ2v) is 7.44. The van der Waals surface area contributed by atoms with E-state index in [4.69, 9.17) is 25.4 Å². The minimum absolute atomic E-state index is 0.0650. The number of carbonyl (C=O) groups is 2. The van der Waals surface area contributed by atoms with E-state index in [1.165, 1.54) is 0 Å². The number of benzene rings is 1. The van der Waals surface area contributed by atoms with Gasteiger partial charge in [-0.2, -0.15) is 0 Å². The van der Waals surface area contributed by atoms with Crippen molar-refractivity contribution in [2.24, 2.45) is 5.73 Å². The van der Waals surface area contributed by atoms with Gasteiger partial charge >= 0.3 is 19.8 Å². The quantitative estimate of drug-likeness (QED) is 0.120. The molecule has 9 N–H and O–H groups in total. The van der Waals surface area contributed by atoms with E-state index in [0.717, 1.165) is 0 Å². The summed E-state index contributed by atoms with van der Waals surface area (Å²) in [4.78, 5) is 41.7. The van der Waals surface area contributed by atoms with Crippen LogP contribution in [0, 0.1) is 0 Å². The topological polar surface area (TPSA) is 237 Å². The maximum Gasteiger partial charge on any atom is 0.527 e. The first-order valence-corrected chi connectivity index (χ1v) is 10.0. The first-order valence-electron chi connectivity index (χ1n) is 8.49. The van der Waals surface area contributed by atoms with E-state index in [1.54, 1.807) is 30.3 Å². The van der Waals surface area contributed by atoms with Crippen LogP contribution in [0.2, 0.25) is 0 Å². The average molecular weight is 453 g/mol. The lowest BCUT2D eigenvalue weighted by Crippen LogP contribution is -2.54. The van der Waals surface area contributed by atoms with Crippen molar-refractivity contribution in [3.8, 4) is 0 Å². The number of aliphatic hydroxyl groups is 5. The molecule has 30 heavy (non-hydrogen) atoms. The van der Waals surface area contributed by atoms with Gasteiger partial charge < -0.3 is 40.5 Å². The predicted molar refractivity (Wildman–Crippen MR) is 97.3 cm³/mol. The molecule has 0 aliphatic rings. The van der Waals surface area contributed by atoms with Gasteiger partial charge in [-0.05, 0) is 12.0 Å². The highest BCUT2D eigenvalue weighted by Gasteiger charge is 2.43. The highest BCUT2D eigenvalue weighted by molar-refractivity contribution is 7.46. The van der Waals surface area contributed by atoms with Crippen LogP contribution in [0.1, 0.15) is 5.56 Å². The van der Waals surface area contributed by atoms with Crippen molar-refractivity contribution in [3.63, 3.8) is 0 Å². The number of hydrogen-bond donors (Lipinski definition) is 8. The summed E-state index contributed by atoms with van der Waals surface area (Å²) in [6.07, 6.45) is -11.7. The van der Waals surface area contributed by atoms with Gasteiger partial charge in [0.2, 0.25) is 6.10 Å². The molecule has 0 saturated carbocycles. The first kappa shape index (κ1) is 26.1.